The summed E-state index contributed by atoms with van der Waals surface area (Å²) in [5.74, 6) is 0.490. The lowest BCUT2D eigenvalue weighted by atomic mass is 9.88. The van der Waals surface area contributed by atoms with Crippen molar-refractivity contribution in [1.82, 2.24) is 4.90 Å². The quantitative estimate of drug-likeness (QED) is 0.803. The van der Waals surface area contributed by atoms with E-state index < -0.39 is 0 Å². The Kier molecular flexibility index (Phi) is 5.90. The van der Waals surface area contributed by atoms with Gasteiger partial charge in [0.1, 0.15) is 5.75 Å². The maximum Gasteiger partial charge on any atom is 0.143 e. The summed E-state index contributed by atoms with van der Waals surface area (Å²) in [4.78, 5) is 2.43. The van der Waals surface area contributed by atoms with Gasteiger partial charge in [0, 0.05) is 19.0 Å². The van der Waals surface area contributed by atoms with Crippen LogP contribution >= 0.6 is 31.9 Å². The molecule has 1 aromatic carbocycles. The van der Waals surface area contributed by atoms with Gasteiger partial charge in [0.15, 0.2) is 0 Å². The van der Waals surface area contributed by atoms with Crippen LogP contribution in [0.4, 0.5) is 0 Å². The zero-order chi connectivity index (χ0) is 14.7. The predicted octanol–water partition coefficient (Wildman–Crippen LogP) is 3.55. The lowest BCUT2D eigenvalue weighted by molar-refractivity contribution is 0.0270. The molecule has 1 aliphatic rings. The molecule has 5 heteroatoms. The van der Waals surface area contributed by atoms with Crippen LogP contribution in [0.25, 0.3) is 0 Å². The maximum atomic E-state index is 10.2. The van der Waals surface area contributed by atoms with Crippen LogP contribution in [-0.4, -0.2) is 40.9 Å². The van der Waals surface area contributed by atoms with Crippen LogP contribution in [0.2, 0.25) is 0 Å². The van der Waals surface area contributed by atoms with Crippen LogP contribution in [-0.2, 0) is 6.42 Å². The number of aliphatic hydroxyl groups excluding tert-OH is 1. The lowest BCUT2D eigenvalue weighted by Crippen LogP contribution is -2.44. The molecule has 3 nitrogen and oxygen atoms in total. The van der Waals surface area contributed by atoms with E-state index in [0.29, 0.717) is 8.95 Å². The van der Waals surface area contributed by atoms with E-state index in [1.165, 1.54) is 0 Å². The SMILES string of the molecule is CCCN1CCC(O)C(Cc2cc(Br)c(O)c(Br)c2)C1. The second-order valence-corrected chi connectivity index (χ2v) is 7.24. The second kappa shape index (κ2) is 7.25. The summed E-state index contributed by atoms with van der Waals surface area (Å²) in [6.07, 6.45) is 2.61. The van der Waals surface area contributed by atoms with Gasteiger partial charge < -0.3 is 15.1 Å². The Morgan fingerprint density at radius 1 is 1.30 bits per heavy atom. The molecule has 1 saturated heterocycles. The minimum atomic E-state index is -0.227. The number of benzene rings is 1. The Labute approximate surface area is 137 Å². The van der Waals surface area contributed by atoms with Gasteiger partial charge >= 0.3 is 0 Å². The molecule has 0 saturated carbocycles. The molecule has 0 spiro atoms. The molecular weight excluding hydrogens is 386 g/mol. The van der Waals surface area contributed by atoms with Crippen molar-refractivity contribution in [1.29, 1.82) is 0 Å². The van der Waals surface area contributed by atoms with Gasteiger partial charge in [0.2, 0.25) is 0 Å². The summed E-state index contributed by atoms with van der Waals surface area (Å²) in [7, 11) is 0. The van der Waals surface area contributed by atoms with Crippen LogP contribution in [0.5, 0.6) is 5.75 Å². The Morgan fingerprint density at radius 2 is 1.95 bits per heavy atom. The first-order valence-corrected chi connectivity index (χ1v) is 8.67. The maximum absolute atomic E-state index is 10.2. The van der Waals surface area contributed by atoms with Gasteiger partial charge in [-0.25, -0.2) is 0 Å². The summed E-state index contributed by atoms with van der Waals surface area (Å²) < 4.78 is 1.38. The molecule has 1 aliphatic heterocycles. The number of aliphatic hydroxyl groups is 1. The third-order valence-electron chi connectivity index (χ3n) is 3.89. The molecule has 112 valence electrons. The standard InChI is InChI=1S/C15H21Br2NO2/c1-2-4-18-5-3-14(19)11(9-18)6-10-7-12(16)15(20)13(17)8-10/h7-8,11,14,19-20H,2-6,9H2,1H3. The summed E-state index contributed by atoms with van der Waals surface area (Å²) in [6, 6.07) is 3.87. The number of aromatic hydroxyl groups is 1. The highest BCUT2D eigenvalue weighted by atomic mass is 79.9. The number of hydrogen-bond acceptors (Lipinski definition) is 3. The van der Waals surface area contributed by atoms with Gasteiger partial charge in [-0.2, -0.15) is 0 Å². The molecule has 20 heavy (non-hydrogen) atoms. The Hall–Kier alpha value is -0.100. The highest BCUT2D eigenvalue weighted by Gasteiger charge is 2.27. The van der Waals surface area contributed by atoms with E-state index in [9.17, 15) is 10.2 Å². The van der Waals surface area contributed by atoms with E-state index in [1.807, 2.05) is 12.1 Å². The summed E-state index contributed by atoms with van der Waals surface area (Å²) in [5.41, 5.74) is 1.13. The fraction of sp³-hybridized carbons (Fsp3) is 0.600. The first-order chi connectivity index (χ1) is 9.51. The topological polar surface area (TPSA) is 43.7 Å². The van der Waals surface area contributed by atoms with Gasteiger partial charge in [-0.05, 0) is 75.4 Å². The number of likely N-dealkylation sites (tertiary alicyclic amines) is 1. The Balaban J connectivity index is 2.07. The summed E-state index contributed by atoms with van der Waals surface area (Å²) in [6.45, 7) is 5.24. The van der Waals surface area contributed by atoms with Crippen molar-refractivity contribution in [3.63, 3.8) is 0 Å². The molecule has 2 unspecified atom stereocenters. The van der Waals surface area contributed by atoms with Crippen LogP contribution in [0.1, 0.15) is 25.3 Å². The normalized spacial score (nSPS) is 24.0. The molecule has 2 rings (SSSR count). The van der Waals surface area contributed by atoms with Gasteiger partial charge in [-0.15, -0.1) is 0 Å². The minimum absolute atomic E-state index is 0.227. The zero-order valence-corrected chi connectivity index (χ0v) is 14.8. The number of rotatable bonds is 4. The number of phenols is 1. The molecule has 0 bridgehead atoms. The van der Waals surface area contributed by atoms with Crippen LogP contribution in [0.3, 0.4) is 0 Å². The van der Waals surface area contributed by atoms with Crippen molar-refractivity contribution < 1.29 is 10.2 Å². The predicted molar refractivity (Wildman–Crippen MR) is 88.1 cm³/mol. The Morgan fingerprint density at radius 3 is 2.55 bits per heavy atom. The van der Waals surface area contributed by atoms with Crippen molar-refractivity contribution in [2.45, 2.75) is 32.3 Å². The first-order valence-electron chi connectivity index (χ1n) is 7.08. The molecule has 1 aromatic rings. The van der Waals surface area contributed by atoms with Crippen molar-refractivity contribution in [2.24, 2.45) is 5.92 Å². The highest BCUT2D eigenvalue weighted by Crippen LogP contribution is 2.34. The average Bonchev–Trinajstić information content (AvgIpc) is 2.40. The van der Waals surface area contributed by atoms with E-state index in [2.05, 4.69) is 43.7 Å². The monoisotopic (exact) mass is 405 g/mol. The van der Waals surface area contributed by atoms with E-state index >= 15 is 0 Å². The van der Waals surface area contributed by atoms with Gasteiger partial charge in [-0.3, -0.25) is 0 Å². The van der Waals surface area contributed by atoms with Crippen molar-refractivity contribution in [3.8, 4) is 5.75 Å². The van der Waals surface area contributed by atoms with Gasteiger partial charge in [0.25, 0.3) is 0 Å². The average molecular weight is 407 g/mol. The molecule has 0 amide bonds. The zero-order valence-electron chi connectivity index (χ0n) is 11.6. The second-order valence-electron chi connectivity index (χ2n) is 5.53. The number of hydrogen-bond donors (Lipinski definition) is 2. The van der Waals surface area contributed by atoms with Crippen LogP contribution < -0.4 is 0 Å². The molecule has 2 atom stereocenters. The fourth-order valence-corrected chi connectivity index (χ4v) is 4.13. The largest absolute Gasteiger partial charge is 0.506 e. The first kappa shape index (κ1) is 16.3. The number of halogens is 2. The molecule has 2 N–H and O–H groups in total. The van der Waals surface area contributed by atoms with Crippen molar-refractivity contribution in [3.05, 3.63) is 26.6 Å². The number of nitrogens with zero attached hydrogens (tertiary/aromatic N) is 1. The van der Waals surface area contributed by atoms with E-state index in [4.69, 9.17) is 0 Å². The molecule has 1 fully saturated rings. The fourth-order valence-electron chi connectivity index (χ4n) is 2.85. The number of phenolic OH excluding ortho intramolecular Hbond substituents is 1. The van der Waals surface area contributed by atoms with Gasteiger partial charge in [0.05, 0.1) is 15.0 Å². The van der Waals surface area contributed by atoms with Crippen molar-refractivity contribution in [2.75, 3.05) is 19.6 Å². The van der Waals surface area contributed by atoms with E-state index in [-0.39, 0.29) is 17.8 Å². The van der Waals surface area contributed by atoms with Gasteiger partial charge in [-0.1, -0.05) is 6.92 Å². The molecule has 0 aliphatic carbocycles. The molecule has 1 heterocycles. The van der Waals surface area contributed by atoms with Crippen LogP contribution in [0.15, 0.2) is 21.1 Å². The summed E-state index contributed by atoms with van der Waals surface area (Å²) in [5, 5.41) is 20.0. The van der Waals surface area contributed by atoms with Crippen LogP contribution in [0, 0.1) is 5.92 Å². The Bertz CT molecular complexity index is 444. The number of piperidine rings is 1. The summed E-state index contributed by atoms with van der Waals surface area (Å²) >= 11 is 6.72. The highest BCUT2D eigenvalue weighted by molar-refractivity contribution is 9.11. The molecule has 0 radical (unpaired) electrons. The third-order valence-corrected chi connectivity index (χ3v) is 5.10. The molecular formula is C15H21Br2NO2. The van der Waals surface area contributed by atoms with E-state index in [0.717, 1.165) is 44.5 Å². The minimum Gasteiger partial charge on any atom is -0.506 e. The van der Waals surface area contributed by atoms with Crippen molar-refractivity contribution >= 4 is 31.9 Å². The third kappa shape index (κ3) is 3.97. The smallest absolute Gasteiger partial charge is 0.143 e. The lowest BCUT2D eigenvalue weighted by Gasteiger charge is -2.36. The van der Waals surface area contributed by atoms with E-state index in [1.54, 1.807) is 0 Å². The molecule has 0 aromatic heterocycles.